The summed E-state index contributed by atoms with van der Waals surface area (Å²) in [6.07, 6.45) is 3.47. The average molecular weight is 311 g/mol. The summed E-state index contributed by atoms with van der Waals surface area (Å²) in [6.45, 7) is 3.37. The zero-order valence-electron chi connectivity index (χ0n) is 12.9. The SMILES string of the molecule is CCNc1cc(C(=O)NCC2(N(C)C)CCC2)cc(Cl)n1. The normalized spacial score (nSPS) is 16.4. The van der Waals surface area contributed by atoms with Crippen LogP contribution in [0.1, 0.15) is 36.5 Å². The van der Waals surface area contributed by atoms with Crippen LogP contribution in [0.2, 0.25) is 5.15 Å². The average Bonchev–Trinajstić information content (AvgIpc) is 2.36. The van der Waals surface area contributed by atoms with Crippen molar-refractivity contribution in [2.24, 2.45) is 0 Å². The highest BCUT2D eigenvalue weighted by molar-refractivity contribution is 6.29. The number of nitrogens with one attached hydrogen (secondary N) is 2. The number of carbonyl (C=O) groups excluding carboxylic acids is 1. The van der Waals surface area contributed by atoms with Crippen molar-refractivity contribution in [3.8, 4) is 0 Å². The third-order valence-electron chi connectivity index (χ3n) is 4.23. The van der Waals surface area contributed by atoms with Gasteiger partial charge in [0, 0.05) is 24.2 Å². The highest BCUT2D eigenvalue weighted by Gasteiger charge is 2.39. The predicted molar refractivity (Wildman–Crippen MR) is 86.0 cm³/mol. The van der Waals surface area contributed by atoms with Crippen LogP contribution in [0, 0.1) is 0 Å². The molecule has 1 heterocycles. The monoisotopic (exact) mass is 310 g/mol. The molecule has 0 radical (unpaired) electrons. The fraction of sp³-hybridized carbons (Fsp3) is 0.600. The first-order valence-corrected chi connectivity index (χ1v) is 7.72. The van der Waals surface area contributed by atoms with E-state index in [-0.39, 0.29) is 11.4 Å². The van der Waals surface area contributed by atoms with Gasteiger partial charge < -0.3 is 15.5 Å². The van der Waals surface area contributed by atoms with Crippen molar-refractivity contribution in [1.82, 2.24) is 15.2 Å². The van der Waals surface area contributed by atoms with Crippen LogP contribution in [0.15, 0.2) is 12.1 Å². The Morgan fingerprint density at radius 2 is 2.14 bits per heavy atom. The van der Waals surface area contributed by atoms with Gasteiger partial charge >= 0.3 is 0 Å². The number of aromatic nitrogens is 1. The van der Waals surface area contributed by atoms with Crippen molar-refractivity contribution >= 4 is 23.3 Å². The number of anilines is 1. The number of rotatable bonds is 6. The van der Waals surface area contributed by atoms with Crippen LogP contribution >= 0.6 is 11.6 Å². The lowest BCUT2D eigenvalue weighted by Crippen LogP contribution is -2.57. The Hall–Kier alpha value is -1.33. The molecule has 6 heteroatoms. The van der Waals surface area contributed by atoms with E-state index in [1.807, 2.05) is 6.92 Å². The van der Waals surface area contributed by atoms with E-state index in [4.69, 9.17) is 11.6 Å². The van der Waals surface area contributed by atoms with Gasteiger partial charge in [-0.25, -0.2) is 4.98 Å². The van der Waals surface area contributed by atoms with Crippen molar-refractivity contribution in [3.63, 3.8) is 0 Å². The molecule has 1 aliphatic carbocycles. The summed E-state index contributed by atoms with van der Waals surface area (Å²) in [5.74, 6) is 0.521. The van der Waals surface area contributed by atoms with E-state index < -0.39 is 0 Å². The Morgan fingerprint density at radius 3 is 2.67 bits per heavy atom. The van der Waals surface area contributed by atoms with E-state index in [1.165, 1.54) is 6.42 Å². The van der Waals surface area contributed by atoms with Gasteiger partial charge in [0.05, 0.1) is 0 Å². The molecular formula is C15H23ClN4O. The van der Waals surface area contributed by atoms with Crippen LogP contribution in [0.5, 0.6) is 0 Å². The van der Waals surface area contributed by atoms with Gasteiger partial charge in [-0.3, -0.25) is 4.79 Å². The summed E-state index contributed by atoms with van der Waals surface area (Å²) < 4.78 is 0. The number of pyridine rings is 1. The van der Waals surface area contributed by atoms with Gasteiger partial charge in [0.25, 0.3) is 5.91 Å². The third-order valence-corrected chi connectivity index (χ3v) is 4.42. The number of hydrogen-bond donors (Lipinski definition) is 2. The number of likely N-dealkylation sites (N-methyl/N-ethyl adjacent to an activating group) is 1. The highest BCUT2D eigenvalue weighted by atomic mass is 35.5. The first kappa shape index (κ1) is 16.0. The molecule has 116 valence electrons. The molecule has 0 bridgehead atoms. The van der Waals surface area contributed by atoms with E-state index in [2.05, 4.69) is 34.6 Å². The van der Waals surface area contributed by atoms with Gasteiger partial charge in [0.15, 0.2) is 0 Å². The molecule has 1 aromatic heterocycles. The van der Waals surface area contributed by atoms with Gasteiger partial charge in [-0.05, 0) is 52.4 Å². The van der Waals surface area contributed by atoms with Gasteiger partial charge in [0.2, 0.25) is 0 Å². The summed E-state index contributed by atoms with van der Waals surface area (Å²) in [7, 11) is 4.13. The summed E-state index contributed by atoms with van der Waals surface area (Å²) in [6, 6.07) is 3.33. The van der Waals surface area contributed by atoms with Crippen molar-refractivity contribution in [3.05, 3.63) is 22.8 Å². The molecular weight excluding hydrogens is 288 g/mol. The van der Waals surface area contributed by atoms with E-state index in [9.17, 15) is 4.79 Å². The number of amides is 1. The van der Waals surface area contributed by atoms with Crippen LogP contribution in [-0.4, -0.2) is 48.5 Å². The molecule has 21 heavy (non-hydrogen) atoms. The zero-order valence-corrected chi connectivity index (χ0v) is 13.6. The Balaban J connectivity index is 2.03. The molecule has 0 atom stereocenters. The van der Waals surface area contributed by atoms with Crippen LogP contribution in [-0.2, 0) is 0 Å². The summed E-state index contributed by atoms with van der Waals surface area (Å²) in [5, 5.41) is 6.42. The van der Waals surface area contributed by atoms with E-state index >= 15 is 0 Å². The molecule has 0 unspecified atom stereocenters. The largest absolute Gasteiger partial charge is 0.370 e. The minimum absolute atomic E-state index is 0.105. The molecule has 2 N–H and O–H groups in total. The molecule has 1 aliphatic rings. The maximum absolute atomic E-state index is 12.3. The van der Waals surface area contributed by atoms with Crippen LogP contribution in [0.4, 0.5) is 5.82 Å². The predicted octanol–water partition coefficient (Wildman–Crippen LogP) is 2.38. The van der Waals surface area contributed by atoms with Crippen molar-refractivity contribution < 1.29 is 4.79 Å². The maximum atomic E-state index is 12.3. The second kappa shape index (κ2) is 6.62. The Labute approximate surface area is 131 Å². The Morgan fingerprint density at radius 1 is 1.43 bits per heavy atom. The fourth-order valence-electron chi connectivity index (χ4n) is 2.61. The molecule has 5 nitrogen and oxygen atoms in total. The second-order valence-electron chi connectivity index (χ2n) is 5.75. The highest BCUT2D eigenvalue weighted by Crippen LogP contribution is 2.35. The third kappa shape index (κ3) is 3.66. The molecule has 0 spiro atoms. The lowest BCUT2D eigenvalue weighted by molar-refractivity contribution is 0.0557. The van der Waals surface area contributed by atoms with Crippen LogP contribution < -0.4 is 10.6 Å². The molecule has 1 saturated carbocycles. The van der Waals surface area contributed by atoms with E-state index in [1.54, 1.807) is 12.1 Å². The lowest BCUT2D eigenvalue weighted by atomic mass is 9.75. The van der Waals surface area contributed by atoms with Crippen molar-refractivity contribution in [1.29, 1.82) is 0 Å². The molecule has 1 amide bonds. The van der Waals surface area contributed by atoms with Gasteiger partial charge in [-0.2, -0.15) is 0 Å². The van der Waals surface area contributed by atoms with Gasteiger partial charge in [-0.1, -0.05) is 11.6 Å². The smallest absolute Gasteiger partial charge is 0.251 e. The molecule has 2 rings (SSSR count). The van der Waals surface area contributed by atoms with Crippen LogP contribution in [0.3, 0.4) is 0 Å². The number of nitrogens with zero attached hydrogens (tertiary/aromatic N) is 2. The quantitative estimate of drug-likeness (QED) is 0.792. The topological polar surface area (TPSA) is 57.3 Å². The zero-order chi connectivity index (χ0) is 15.5. The lowest BCUT2D eigenvalue weighted by Gasteiger charge is -2.47. The number of hydrogen-bond acceptors (Lipinski definition) is 4. The summed E-state index contributed by atoms with van der Waals surface area (Å²) in [4.78, 5) is 18.7. The minimum atomic E-state index is -0.105. The Bertz CT molecular complexity index is 514. The van der Waals surface area contributed by atoms with Crippen molar-refractivity contribution in [2.75, 3.05) is 32.5 Å². The van der Waals surface area contributed by atoms with Crippen molar-refractivity contribution in [2.45, 2.75) is 31.7 Å². The van der Waals surface area contributed by atoms with Crippen LogP contribution in [0.25, 0.3) is 0 Å². The summed E-state index contributed by atoms with van der Waals surface area (Å²) in [5.41, 5.74) is 0.649. The molecule has 1 fully saturated rings. The maximum Gasteiger partial charge on any atom is 0.251 e. The molecule has 0 saturated heterocycles. The summed E-state index contributed by atoms with van der Waals surface area (Å²) >= 11 is 5.97. The standard InChI is InChI=1S/C15H23ClN4O/c1-4-17-13-9-11(8-12(16)19-13)14(21)18-10-15(20(2)3)6-5-7-15/h8-9H,4-7,10H2,1-3H3,(H,17,19)(H,18,21). The molecule has 1 aromatic rings. The minimum Gasteiger partial charge on any atom is -0.370 e. The second-order valence-corrected chi connectivity index (χ2v) is 6.14. The fourth-order valence-corrected chi connectivity index (χ4v) is 2.82. The first-order chi connectivity index (χ1) is 9.97. The molecule has 0 aromatic carbocycles. The van der Waals surface area contributed by atoms with E-state index in [0.29, 0.717) is 23.1 Å². The number of carbonyl (C=O) groups is 1. The first-order valence-electron chi connectivity index (χ1n) is 7.34. The Kier molecular flexibility index (Phi) is 5.06. The van der Waals surface area contributed by atoms with Gasteiger partial charge in [-0.15, -0.1) is 0 Å². The van der Waals surface area contributed by atoms with Gasteiger partial charge in [0.1, 0.15) is 11.0 Å². The molecule has 0 aliphatic heterocycles. The number of halogens is 1. The van der Waals surface area contributed by atoms with E-state index in [0.717, 1.165) is 19.4 Å².